The molecule has 0 aromatic heterocycles. The van der Waals surface area contributed by atoms with E-state index >= 15 is 0 Å². The number of amides is 4. The summed E-state index contributed by atoms with van der Waals surface area (Å²) in [6.45, 7) is 3.35. The molecule has 1 N–H and O–H groups in total. The number of rotatable bonds is 3. The molecular weight excluding hydrogens is 260 g/mol. The molecule has 0 unspecified atom stereocenters. The van der Waals surface area contributed by atoms with E-state index in [4.69, 9.17) is 4.74 Å². The van der Waals surface area contributed by atoms with Crippen molar-refractivity contribution in [1.29, 1.82) is 0 Å². The van der Waals surface area contributed by atoms with Crippen molar-refractivity contribution in [2.75, 3.05) is 12.0 Å². The molecule has 1 aliphatic heterocycles. The normalized spacial score (nSPS) is 18.1. The first kappa shape index (κ1) is 14.2. The number of methoxy groups -OCH3 is 1. The van der Waals surface area contributed by atoms with E-state index in [9.17, 15) is 14.4 Å². The Morgan fingerprint density at radius 2 is 1.95 bits per heavy atom. The summed E-state index contributed by atoms with van der Waals surface area (Å²) in [5, 5.41) is 2.20. The Bertz CT molecular complexity index is 580. The summed E-state index contributed by atoms with van der Waals surface area (Å²) in [6, 6.07) is 6.16. The maximum Gasteiger partial charge on any atom is 0.335 e. The third kappa shape index (κ3) is 2.30. The molecule has 0 aliphatic carbocycles. The smallest absolute Gasteiger partial charge is 0.335 e. The fourth-order valence-corrected chi connectivity index (χ4v) is 1.96. The first-order valence-corrected chi connectivity index (χ1v) is 6.16. The number of carbonyl (C=O) groups is 3. The van der Waals surface area contributed by atoms with E-state index in [1.807, 2.05) is 6.07 Å². The Morgan fingerprint density at radius 3 is 2.60 bits per heavy atom. The molecule has 1 saturated heterocycles. The number of anilines is 1. The monoisotopic (exact) mass is 276 g/mol. The quantitative estimate of drug-likeness (QED) is 0.848. The van der Waals surface area contributed by atoms with E-state index in [1.54, 1.807) is 25.3 Å². The second kappa shape index (κ2) is 5.05. The first-order chi connectivity index (χ1) is 9.37. The molecule has 0 saturated carbocycles. The Labute approximate surface area is 116 Å². The number of carbonyl (C=O) groups excluding carboxylic acids is 3. The van der Waals surface area contributed by atoms with Gasteiger partial charge in [0.05, 0.1) is 12.3 Å². The molecule has 0 radical (unpaired) electrons. The number of imide groups is 2. The summed E-state index contributed by atoms with van der Waals surface area (Å²) >= 11 is 0. The van der Waals surface area contributed by atoms with Crippen LogP contribution in [0.5, 0.6) is 0 Å². The van der Waals surface area contributed by atoms with Gasteiger partial charge in [-0.3, -0.25) is 14.9 Å². The van der Waals surface area contributed by atoms with Crippen LogP contribution in [-0.4, -0.2) is 25.0 Å². The largest absolute Gasteiger partial charge is 0.380 e. The maximum absolute atomic E-state index is 12.4. The van der Waals surface area contributed by atoms with E-state index in [-0.39, 0.29) is 0 Å². The molecule has 1 aliphatic rings. The topological polar surface area (TPSA) is 75.7 Å². The SMILES string of the molecule is COCc1cccc(N2C(=O)NC(=O)C(C)(C)C2=O)c1. The van der Waals surface area contributed by atoms with Crippen LogP contribution in [0.2, 0.25) is 0 Å². The highest BCUT2D eigenvalue weighted by molar-refractivity contribution is 6.29. The standard InChI is InChI=1S/C14H16N2O4/c1-14(2)11(17)15-13(19)16(12(14)18)10-6-4-5-9(7-10)8-20-3/h4-7H,8H2,1-3H3,(H,15,17,19). The lowest BCUT2D eigenvalue weighted by Crippen LogP contribution is -2.62. The van der Waals surface area contributed by atoms with Crippen molar-refractivity contribution in [2.45, 2.75) is 20.5 Å². The number of benzene rings is 1. The van der Waals surface area contributed by atoms with Crippen molar-refractivity contribution in [2.24, 2.45) is 5.41 Å². The van der Waals surface area contributed by atoms with Crippen LogP contribution in [0.25, 0.3) is 0 Å². The zero-order valence-corrected chi connectivity index (χ0v) is 11.6. The van der Waals surface area contributed by atoms with Gasteiger partial charge in [-0.05, 0) is 31.5 Å². The van der Waals surface area contributed by atoms with Crippen LogP contribution < -0.4 is 10.2 Å². The molecule has 2 rings (SSSR count). The number of nitrogens with zero attached hydrogens (tertiary/aromatic N) is 1. The van der Waals surface area contributed by atoms with E-state index in [1.165, 1.54) is 13.8 Å². The van der Waals surface area contributed by atoms with Crippen molar-refractivity contribution < 1.29 is 19.1 Å². The Morgan fingerprint density at radius 1 is 1.25 bits per heavy atom. The van der Waals surface area contributed by atoms with Crippen LogP contribution in [0.3, 0.4) is 0 Å². The first-order valence-electron chi connectivity index (χ1n) is 6.16. The van der Waals surface area contributed by atoms with Crippen LogP contribution in [0, 0.1) is 5.41 Å². The van der Waals surface area contributed by atoms with Gasteiger partial charge >= 0.3 is 6.03 Å². The van der Waals surface area contributed by atoms with Gasteiger partial charge in [0.25, 0.3) is 0 Å². The predicted molar refractivity (Wildman–Crippen MR) is 72.0 cm³/mol. The van der Waals surface area contributed by atoms with Crippen LogP contribution in [0.4, 0.5) is 10.5 Å². The van der Waals surface area contributed by atoms with Gasteiger partial charge in [0, 0.05) is 7.11 Å². The van der Waals surface area contributed by atoms with Gasteiger partial charge in [-0.1, -0.05) is 12.1 Å². The minimum absolute atomic E-state index is 0.375. The predicted octanol–water partition coefficient (Wildman–Crippen LogP) is 1.44. The summed E-state index contributed by atoms with van der Waals surface area (Å²) in [7, 11) is 1.56. The number of hydrogen-bond acceptors (Lipinski definition) is 4. The maximum atomic E-state index is 12.4. The highest BCUT2D eigenvalue weighted by Crippen LogP contribution is 2.28. The van der Waals surface area contributed by atoms with Crippen LogP contribution in [-0.2, 0) is 20.9 Å². The molecule has 0 bridgehead atoms. The summed E-state index contributed by atoms with van der Waals surface area (Å²) in [5.41, 5.74) is -0.0199. The highest BCUT2D eigenvalue weighted by Gasteiger charge is 2.47. The lowest BCUT2D eigenvalue weighted by Gasteiger charge is -2.34. The third-order valence-corrected chi connectivity index (χ3v) is 3.21. The molecule has 6 heteroatoms. The van der Waals surface area contributed by atoms with Gasteiger partial charge in [0.2, 0.25) is 11.8 Å². The molecular formula is C14H16N2O4. The molecule has 1 aromatic rings. The van der Waals surface area contributed by atoms with E-state index in [0.717, 1.165) is 10.5 Å². The van der Waals surface area contributed by atoms with Crippen LogP contribution in [0.1, 0.15) is 19.4 Å². The van der Waals surface area contributed by atoms with Gasteiger partial charge in [-0.25, -0.2) is 9.69 Å². The van der Waals surface area contributed by atoms with Crippen molar-refractivity contribution in [3.05, 3.63) is 29.8 Å². The lowest BCUT2D eigenvalue weighted by atomic mass is 9.88. The third-order valence-electron chi connectivity index (χ3n) is 3.21. The second-order valence-corrected chi connectivity index (χ2v) is 5.13. The van der Waals surface area contributed by atoms with Crippen molar-refractivity contribution in [1.82, 2.24) is 5.32 Å². The number of ether oxygens (including phenoxy) is 1. The molecule has 106 valence electrons. The van der Waals surface area contributed by atoms with E-state index in [0.29, 0.717) is 12.3 Å². The summed E-state index contributed by atoms with van der Waals surface area (Å²) in [6.07, 6.45) is 0. The summed E-state index contributed by atoms with van der Waals surface area (Å²) in [4.78, 5) is 36.9. The van der Waals surface area contributed by atoms with E-state index < -0.39 is 23.3 Å². The lowest BCUT2D eigenvalue weighted by molar-refractivity contribution is -0.140. The molecule has 6 nitrogen and oxygen atoms in total. The molecule has 4 amide bonds. The number of urea groups is 1. The molecule has 1 heterocycles. The Balaban J connectivity index is 2.40. The van der Waals surface area contributed by atoms with Crippen LogP contribution in [0.15, 0.2) is 24.3 Å². The average Bonchev–Trinajstić information content (AvgIpc) is 2.38. The number of hydrogen-bond donors (Lipinski definition) is 1. The van der Waals surface area contributed by atoms with Gasteiger partial charge in [0.1, 0.15) is 5.41 Å². The van der Waals surface area contributed by atoms with Crippen molar-refractivity contribution in [3.63, 3.8) is 0 Å². The number of barbiturate groups is 1. The number of nitrogens with one attached hydrogen (secondary N) is 1. The van der Waals surface area contributed by atoms with Gasteiger partial charge in [-0.15, -0.1) is 0 Å². The molecule has 20 heavy (non-hydrogen) atoms. The molecule has 1 aromatic carbocycles. The minimum atomic E-state index is -1.27. The zero-order chi connectivity index (χ0) is 14.9. The van der Waals surface area contributed by atoms with Crippen LogP contribution >= 0.6 is 0 Å². The average molecular weight is 276 g/mol. The fourth-order valence-electron chi connectivity index (χ4n) is 1.96. The minimum Gasteiger partial charge on any atom is -0.380 e. The molecule has 0 spiro atoms. The fraction of sp³-hybridized carbons (Fsp3) is 0.357. The van der Waals surface area contributed by atoms with Crippen molar-refractivity contribution in [3.8, 4) is 0 Å². The van der Waals surface area contributed by atoms with Gasteiger partial charge in [0.15, 0.2) is 0 Å². The second-order valence-electron chi connectivity index (χ2n) is 5.13. The highest BCUT2D eigenvalue weighted by atomic mass is 16.5. The Hall–Kier alpha value is -2.21. The van der Waals surface area contributed by atoms with Crippen molar-refractivity contribution >= 4 is 23.5 Å². The summed E-state index contributed by atoms with van der Waals surface area (Å²) in [5.74, 6) is -1.13. The molecule has 0 atom stereocenters. The van der Waals surface area contributed by atoms with Gasteiger partial charge in [-0.2, -0.15) is 0 Å². The summed E-state index contributed by atoms with van der Waals surface area (Å²) < 4.78 is 5.02. The molecule has 1 fully saturated rings. The van der Waals surface area contributed by atoms with E-state index in [2.05, 4.69) is 5.32 Å². The Kier molecular flexibility index (Phi) is 3.59. The zero-order valence-electron chi connectivity index (χ0n) is 11.6. The van der Waals surface area contributed by atoms with Gasteiger partial charge < -0.3 is 4.74 Å².